The number of primary sulfonamides is 1. The Morgan fingerprint density at radius 1 is 1.21 bits per heavy atom. The Balaban J connectivity index is 2.08. The quantitative estimate of drug-likeness (QED) is 0.339. The molecule has 8 heteroatoms. The molecule has 0 aliphatic carbocycles. The van der Waals surface area contributed by atoms with Crippen LogP contribution in [0.1, 0.15) is 18.1 Å². The van der Waals surface area contributed by atoms with Crippen molar-refractivity contribution in [3.63, 3.8) is 0 Å². The summed E-state index contributed by atoms with van der Waals surface area (Å²) in [7, 11) is -3.73. The molecule has 0 unspecified atom stereocenters. The van der Waals surface area contributed by atoms with Crippen molar-refractivity contribution in [2.75, 3.05) is 13.2 Å². The van der Waals surface area contributed by atoms with Crippen molar-refractivity contribution in [2.45, 2.75) is 24.9 Å². The molecule has 7 nitrogen and oxygen atoms in total. The minimum atomic E-state index is -3.73. The molecule has 0 saturated heterocycles. The Morgan fingerprint density at radius 3 is 2.71 bits per heavy atom. The number of hydrogen-bond acceptors (Lipinski definition) is 4. The second-order valence-electron chi connectivity index (χ2n) is 5.95. The third-order valence-corrected chi connectivity index (χ3v) is 4.68. The first-order valence-electron chi connectivity index (χ1n) is 8.89. The topological polar surface area (TPSA) is 106 Å². The zero-order valence-electron chi connectivity index (χ0n) is 15.9. The number of nitrogens with one attached hydrogen (secondary N) is 2. The van der Waals surface area contributed by atoms with Crippen molar-refractivity contribution in [1.29, 1.82) is 0 Å². The van der Waals surface area contributed by atoms with Gasteiger partial charge in [0.1, 0.15) is 12.4 Å². The van der Waals surface area contributed by atoms with Crippen molar-refractivity contribution >= 4 is 16.0 Å². The van der Waals surface area contributed by atoms with E-state index >= 15 is 0 Å². The monoisotopic (exact) mass is 402 g/mol. The molecule has 4 N–H and O–H groups in total. The maximum atomic E-state index is 11.5. The molecule has 0 bridgehead atoms. The van der Waals surface area contributed by atoms with Gasteiger partial charge in [0.05, 0.1) is 11.4 Å². The lowest BCUT2D eigenvalue weighted by Gasteiger charge is -2.14. The largest absolute Gasteiger partial charge is 0.489 e. The average Bonchev–Trinajstić information content (AvgIpc) is 2.68. The van der Waals surface area contributed by atoms with Crippen molar-refractivity contribution in [2.24, 2.45) is 10.1 Å². The molecule has 0 radical (unpaired) electrons. The van der Waals surface area contributed by atoms with Crippen molar-refractivity contribution in [3.05, 3.63) is 72.3 Å². The summed E-state index contributed by atoms with van der Waals surface area (Å²) in [4.78, 5) is 4.59. The molecule has 0 heterocycles. The Kier molecular flexibility index (Phi) is 8.03. The average molecular weight is 403 g/mol. The molecule has 0 aliphatic rings. The van der Waals surface area contributed by atoms with Crippen LogP contribution in [0.5, 0.6) is 5.75 Å². The van der Waals surface area contributed by atoms with Crippen LogP contribution in [-0.2, 0) is 23.1 Å². The van der Waals surface area contributed by atoms with Gasteiger partial charge in [0.25, 0.3) is 0 Å². The summed E-state index contributed by atoms with van der Waals surface area (Å²) in [6, 6.07) is 14.2. The zero-order valence-corrected chi connectivity index (χ0v) is 16.7. The minimum Gasteiger partial charge on any atom is -0.489 e. The van der Waals surface area contributed by atoms with Crippen molar-refractivity contribution < 1.29 is 13.2 Å². The normalized spacial score (nSPS) is 11.7. The highest BCUT2D eigenvalue weighted by Crippen LogP contribution is 2.17. The number of ether oxygens (including phenoxy) is 1. The van der Waals surface area contributed by atoms with Crippen LogP contribution < -0.4 is 20.5 Å². The summed E-state index contributed by atoms with van der Waals surface area (Å²) in [5.41, 5.74) is 1.74. The van der Waals surface area contributed by atoms with Gasteiger partial charge in [0.2, 0.25) is 10.0 Å². The highest BCUT2D eigenvalue weighted by molar-refractivity contribution is 7.89. The van der Waals surface area contributed by atoms with Crippen LogP contribution >= 0.6 is 0 Å². The van der Waals surface area contributed by atoms with Crippen LogP contribution in [0.15, 0.2) is 71.1 Å². The summed E-state index contributed by atoms with van der Waals surface area (Å²) in [5.74, 6) is 1.40. The maximum absolute atomic E-state index is 11.5. The number of nitrogens with zero attached hydrogens (tertiary/aromatic N) is 1. The van der Waals surface area contributed by atoms with Gasteiger partial charge in [-0.3, -0.25) is 0 Å². The second kappa shape index (κ2) is 10.5. The van der Waals surface area contributed by atoms with Gasteiger partial charge < -0.3 is 15.4 Å². The van der Waals surface area contributed by atoms with Crippen molar-refractivity contribution in [1.82, 2.24) is 10.6 Å². The lowest BCUT2D eigenvalue weighted by Crippen LogP contribution is -2.36. The van der Waals surface area contributed by atoms with E-state index in [1.165, 1.54) is 12.1 Å². The Bertz CT molecular complexity index is 927. The van der Waals surface area contributed by atoms with Crippen LogP contribution in [0.25, 0.3) is 0 Å². The number of nitrogens with two attached hydrogens (primary N) is 1. The number of sulfonamides is 1. The molecule has 2 aromatic rings. The SMILES string of the molecule is C=CCOc1ccccc1CNC(=NCc1cccc(S(N)(=O)=O)c1)NCC. The van der Waals surface area contributed by atoms with Crippen LogP contribution in [0.4, 0.5) is 0 Å². The first-order valence-corrected chi connectivity index (χ1v) is 10.4. The van der Waals surface area contributed by atoms with E-state index in [-0.39, 0.29) is 4.90 Å². The minimum absolute atomic E-state index is 0.0754. The van der Waals surface area contributed by atoms with Gasteiger partial charge in [-0.1, -0.05) is 43.0 Å². The Morgan fingerprint density at radius 2 is 2.00 bits per heavy atom. The fourth-order valence-corrected chi connectivity index (χ4v) is 3.04. The summed E-state index contributed by atoms with van der Waals surface area (Å²) in [6.45, 7) is 7.60. The van der Waals surface area contributed by atoms with Gasteiger partial charge in [-0.25, -0.2) is 18.5 Å². The number of aliphatic imine (C=N–C) groups is 1. The summed E-state index contributed by atoms with van der Waals surface area (Å²) < 4.78 is 28.6. The predicted octanol–water partition coefficient (Wildman–Crippen LogP) is 2.15. The molecule has 2 rings (SSSR count). The Labute approximate surface area is 166 Å². The molecule has 0 aromatic heterocycles. The molecule has 0 spiro atoms. The van der Waals surface area contributed by atoms with E-state index < -0.39 is 10.0 Å². The molecular weight excluding hydrogens is 376 g/mol. The molecule has 0 aliphatic heterocycles. The summed E-state index contributed by atoms with van der Waals surface area (Å²) in [5, 5.41) is 11.6. The predicted molar refractivity (Wildman–Crippen MR) is 112 cm³/mol. The fraction of sp³-hybridized carbons (Fsp3) is 0.250. The first-order chi connectivity index (χ1) is 13.4. The summed E-state index contributed by atoms with van der Waals surface area (Å²) >= 11 is 0. The van der Waals surface area contributed by atoms with Crippen molar-refractivity contribution in [3.8, 4) is 5.75 Å². The molecule has 0 fully saturated rings. The molecule has 0 atom stereocenters. The van der Waals surface area contributed by atoms with E-state index in [1.807, 2.05) is 31.2 Å². The number of hydrogen-bond donors (Lipinski definition) is 3. The van der Waals surface area contributed by atoms with E-state index in [0.29, 0.717) is 32.2 Å². The van der Waals surface area contributed by atoms with E-state index in [2.05, 4.69) is 22.2 Å². The molecule has 0 amide bonds. The van der Waals surface area contributed by atoms with Crippen LogP contribution in [-0.4, -0.2) is 27.5 Å². The van der Waals surface area contributed by atoms with E-state index in [1.54, 1.807) is 18.2 Å². The fourth-order valence-electron chi connectivity index (χ4n) is 2.45. The first kappa shape index (κ1) is 21.5. The molecular formula is C20H26N4O3S. The van der Waals surface area contributed by atoms with E-state index in [4.69, 9.17) is 9.88 Å². The third-order valence-electron chi connectivity index (χ3n) is 3.77. The molecule has 28 heavy (non-hydrogen) atoms. The molecule has 0 saturated carbocycles. The van der Waals surface area contributed by atoms with Gasteiger partial charge in [-0.15, -0.1) is 0 Å². The highest BCUT2D eigenvalue weighted by atomic mass is 32.2. The number of guanidine groups is 1. The summed E-state index contributed by atoms with van der Waals surface area (Å²) in [6.07, 6.45) is 1.70. The smallest absolute Gasteiger partial charge is 0.238 e. The van der Waals surface area contributed by atoms with Crippen LogP contribution in [0, 0.1) is 0 Å². The number of para-hydroxylation sites is 1. The maximum Gasteiger partial charge on any atom is 0.238 e. The highest BCUT2D eigenvalue weighted by Gasteiger charge is 2.08. The van der Waals surface area contributed by atoms with E-state index in [9.17, 15) is 8.42 Å². The second-order valence-corrected chi connectivity index (χ2v) is 7.51. The zero-order chi connectivity index (χ0) is 20.4. The van der Waals surface area contributed by atoms with E-state index in [0.717, 1.165) is 16.9 Å². The van der Waals surface area contributed by atoms with Gasteiger partial charge >= 0.3 is 0 Å². The molecule has 2 aromatic carbocycles. The van der Waals surface area contributed by atoms with Gasteiger partial charge in [-0.2, -0.15) is 0 Å². The van der Waals surface area contributed by atoms with Gasteiger partial charge in [-0.05, 0) is 30.7 Å². The van der Waals surface area contributed by atoms with Gasteiger partial charge in [0, 0.05) is 18.7 Å². The van der Waals surface area contributed by atoms with Gasteiger partial charge in [0.15, 0.2) is 5.96 Å². The van der Waals surface area contributed by atoms with Crippen LogP contribution in [0.2, 0.25) is 0 Å². The molecule has 150 valence electrons. The van der Waals surface area contributed by atoms with Crippen LogP contribution in [0.3, 0.4) is 0 Å². The lowest BCUT2D eigenvalue weighted by molar-refractivity contribution is 0.358. The standard InChI is InChI=1S/C20H26N4O3S/c1-3-12-27-19-11-6-5-9-17(19)15-24-20(22-4-2)23-14-16-8-7-10-18(13-16)28(21,25)26/h3,5-11,13H,1,4,12,14-15H2,2H3,(H2,21,25,26)(H2,22,23,24). The Hall–Kier alpha value is -2.84. The lowest BCUT2D eigenvalue weighted by atomic mass is 10.2. The number of rotatable bonds is 9. The third kappa shape index (κ3) is 6.71. The number of benzene rings is 2.